The molecule has 0 aliphatic carbocycles. The lowest BCUT2D eigenvalue weighted by Gasteiger charge is -2.07. The predicted molar refractivity (Wildman–Crippen MR) is 65.0 cm³/mol. The van der Waals surface area contributed by atoms with Crippen LogP contribution >= 0.6 is 0 Å². The zero-order valence-electron chi connectivity index (χ0n) is 9.68. The Hall–Kier alpha value is -2.43. The number of aromatic nitrogens is 1. The van der Waals surface area contributed by atoms with Crippen LogP contribution in [0.3, 0.4) is 0 Å². The number of benzene rings is 1. The second-order valence-corrected chi connectivity index (χ2v) is 3.64. The Bertz CT molecular complexity index is 599. The molecule has 0 bridgehead atoms. The lowest BCUT2D eigenvalue weighted by atomic mass is 10.0. The third kappa shape index (κ3) is 2.15. The smallest absolute Gasteiger partial charge is 0.198 e. The number of pyridine rings is 1. The summed E-state index contributed by atoms with van der Waals surface area (Å²) in [7, 11) is 1.50. The highest BCUT2D eigenvalue weighted by atomic mass is 19.1. The zero-order valence-corrected chi connectivity index (χ0v) is 9.68. The average Bonchev–Trinajstić information content (AvgIpc) is 2.38. The van der Waals surface area contributed by atoms with E-state index >= 15 is 0 Å². The van der Waals surface area contributed by atoms with Gasteiger partial charge in [0.05, 0.1) is 18.9 Å². The zero-order chi connectivity index (χ0) is 13.1. The fourth-order valence-electron chi connectivity index (χ4n) is 1.58. The number of ketones is 1. The number of carbonyl (C=O) groups excluding carboxylic acids is 1. The molecule has 5 heteroatoms. The first-order chi connectivity index (χ1) is 8.63. The highest BCUT2D eigenvalue weighted by Crippen LogP contribution is 2.22. The molecule has 1 aromatic heterocycles. The molecular weight excluding hydrogens is 235 g/mol. The van der Waals surface area contributed by atoms with Crippen LogP contribution in [0.2, 0.25) is 0 Å². The van der Waals surface area contributed by atoms with Crippen LogP contribution in [-0.2, 0) is 0 Å². The Kier molecular flexibility index (Phi) is 3.23. The van der Waals surface area contributed by atoms with Gasteiger partial charge < -0.3 is 10.5 Å². The number of hydrogen-bond acceptors (Lipinski definition) is 4. The van der Waals surface area contributed by atoms with Gasteiger partial charge in [-0.25, -0.2) is 4.39 Å². The quantitative estimate of drug-likeness (QED) is 0.664. The monoisotopic (exact) mass is 246 g/mol. The standard InChI is InChI=1S/C13H11FN2O2/c1-18-8-2-3-10(12(15)6-8)13(17)9-4-5-16-7-11(9)14/h2-7H,15H2,1H3. The van der Waals surface area contributed by atoms with Crippen LogP contribution in [0.15, 0.2) is 36.7 Å². The Balaban J connectivity index is 2.44. The summed E-state index contributed by atoms with van der Waals surface area (Å²) in [5, 5.41) is 0. The van der Waals surface area contributed by atoms with Crippen molar-refractivity contribution in [3.05, 3.63) is 53.6 Å². The number of carbonyl (C=O) groups is 1. The predicted octanol–water partition coefficient (Wildman–Crippen LogP) is 2.04. The van der Waals surface area contributed by atoms with Crippen LogP contribution in [0, 0.1) is 5.82 Å². The van der Waals surface area contributed by atoms with Crippen LogP contribution in [0.4, 0.5) is 10.1 Å². The highest BCUT2D eigenvalue weighted by molar-refractivity contribution is 6.12. The second kappa shape index (κ2) is 4.83. The van der Waals surface area contributed by atoms with Crippen molar-refractivity contribution < 1.29 is 13.9 Å². The fraction of sp³-hybridized carbons (Fsp3) is 0.0769. The number of methoxy groups -OCH3 is 1. The molecule has 0 fully saturated rings. The summed E-state index contributed by atoms with van der Waals surface area (Å²) in [6.45, 7) is 0. The molecule has 4 nitrogen and oxygen atoms in total. The maximum Gasteiger partial charge on any atom is 0.198 e. The molecule has 0 atom stereocenters. The topological polar surface area (TPSA) is 65.2 Å². The number of nitrogens with zero attached hydrogens (tertiary/aromatic N) is 1. The first-order valence-corrected chi connectivity index (χ1v) is 5.21. The Morgan fingerprint density at radius 1 is 1.33 bits per heavy atom. The number of hydrogen-bond donors (Lipinski definition) is 1. The van der Waals surface area contributed by atoms with Gasteiger partial charge in [-0.3, -0.25) is 9.78 Å². The third-order valence-electron chi connectivity index (χ3n) is 2.52. The van der Waals surface area contributed by atoms with Gasteiger partial charge in [-0.15, -0.1) is 0 Å². The van der Waals surface area contributed by atoms with Crippen molar-refractivity contribution >= 4 is 11.5 Å². The van der Waals surface area contributed by atoms with Gasteiger partial charge in [0.2, 0.25) is 0 Å². The molecule has 18 heavy (non-hydrogen) atoms. The van der Waals surface area contributed by atoms with Gasteiger partial charge in [-0.1, -0.05) is 0 Å². The maximum atomic E-state index is 13.5. The van der Waals surface area contributed by atoms with Crippen molar-refractivity contribution in [2.24, 2.45) is 0 Å². The van der Waals surface area contributed by atoms with Crippen LogP contribution in [0.1, 0.15) is 15.9 Å². The van der Waals surface area contributed by atoms with Gasteiger partial charge in [0.25, 0.3) is 0 Å². The van der Waals surface area contributed by atoms with E-state index in [-0.39, 0.29) is 16.8 Å². The van der Waals surface area contributed by atoms with E-state index in [2.05, 4.69) is 4.98 Å². The van der Waals surface area contributed by atoms with Gasteiger partial charge in [0.15, 0.2) is 11.6 Å². The Morgan fingerprint density at radius 2 is 2.11 bits per heavy atom. The second-order valence-electron chi connectivity index (χ2n) is 3.64. The van der Waals surface area contributed by atoms with Crippen LogP contribution in [-0.4, -0.2) is 17.9 Å². The van der Waals surface area contributed by atoms with Gasteiger partial charge in [0, 0.05) is 23.5 Å². The van der Waals surface area contributed by atoms with E-state index in [1.165, 1.54) is 31.5 Å². The third-order valence-corrected chi connectivity index (χ3v) is 2.52. The number of ether oxygens (including phenoxy) is 1. The van der Waals surface area contributed by atoms with Gasteiger partial charge in [0.1, 0.15) is 5.75 Å². The van der Waals surface area contributed by atoms with Crippen molar-refractivity contribution in [3.63, 3.8) is 0 Å². The summed E-state index contributed by atoms with van der Waals surface area (Å²) in [4.78, 5) is 15.7. The summed E-state index contributed by atoms with van der Waals surface area (Å²) in [5.41, 5.74) is 6.18. The molecular formula is C13H11FN2O2. The van der Waals surface area contributed by atoms with Crippen molar-refractivity contribution in [2.45, 2.75) is 0 Å². The van der Waals surface area contributed by atoms with Crippen LogP contribution in [0.5, 0.6) is 5.75 Å². The lowest BCUT2D eigenvalue weighted by Crippen LogP contribution is -2.08. The number of anilines is 1. The van der Waals surface area contributed by atoms with Crippen molar-refractivity contribution in [1.82, 2.24) is 4.98 Å². The minimum Gasteiger partial charge on any atom is -0.497 e. The number of halogens is 1. The van der Waals surface area contributed by atoms with Crippen LogP contribution in [0.25, 0.3) is 0 Å². The van der Waals surface area contributed by atoms with E-state index in [9.17, 15) is 9.18 Å². The van der Waals surface area contributed by atoms with E-state index in [4.69, 9.17) is 10.5 Å². The lowest BCUT2D eigenvalue weighted by molar-refractivity contribution is 0.103. The molecule has 2 aromatic rings. The van der Waals surface area contributed by atoms with Crippen molar-refractivity contribution in [3.8, 4) is 5.75 Å². The summed E-state index contributed by atoms with van der Waals surface area (Å²) < 4.78 is 18.4. The largest absolute Gasteiger partial charge is 0.497 e. The molecule has 2 N–H and O–H groups in total. The van der Waals surface area contributed by atoms with Gasteiger partial charge >= 0.3 is 0 Å². The van der Waals surface area contributed by atoms with Crippen molar-refractivity contribution in [2.75, 3.05) is 12.8 Å². The summed E-state index contributed by atoms with van der Waals surface area (Å²) >= 11 is 0. The van der Waals surface area contributed by atoms with Crippen molar-refractivity contribution in [1.29, 1.82) is 0 Å². The highest BCUT2D eigenvalue weighted by Gasteiger charge is 2.16. The molecule has 92 valence electrons. The first-order valence-electron chi connectivity index (χ1n) is 5.21. The molecule has 0 spiro atoms. The Labute approximate surface area is 103 Å². The maximum absolute atomic E-state index is 13.5. The van der Waals surface area contributed by atoms with E-state index < -0.39 is 11.6 Å². The van der Waals surface area contributed by atoms with E-state index in [1.807, 2.05) is 0 Å². The fourth-order valence-corrected chi connectivity index (χ4v) is 1.58. The summed E-state index contributed by atoms with van der Waals surface area (Å²) in [6, 6.07) is 5.95. The number of nitrogens with two attached hydrogens (primary N) is 1. The average molecular weight is 246 g/mol. The molecule has 2 rings (SSSR count). The van der Waals surface area contributed by atoms with E-state index in [0.717, 1.165) is 6.20 Å². The molecule has 0 aliphatic heterocycles. The van der Waals surface area contributed by atoms with Gasteiger partial charge in [-0.2, -0.15) is 0 Å². The minimum atomic E-state index is -0.669. The van der Waals surface area contributed by atoms with Gasteiger partial charge in [-0.05, 0) is 18.2 Å². The molecule has 0 amide bonds. The summed E-state index contributed by atoms with van der Waals surface area (Å²) in [5.74, 6) is -0.605. The molecule has 0 saturated heterocycles. The van der Waals surface area contributed by atoms with Crippen LogP contribution < -0.4 is 10.5 Å². The summed E-state index contributed by atoms with van der Waals surface area (Å²) in [6.07, 6.45) is 2.35. The molecule has 0 saturated carbocycles. The minimum absolute atomic E-state index is 0.0538. The molecule has 0 aliphatic rings. The normalized spacial score (nSPS) is 10.1. The molecule has 0 unspecified atom stereocenters. The molecule has 0 radical (unpaired) electrons. The Morgan fingerprint density at radius 3 is 2.72 bits per heavy atom. The molecule has 1 aromatic carbocycles. The number of rotatable bonds is 3. The first kappa shape index (κ1) is 12.0. The van der Waals surface area contributed by atoms with E-state index in [0.29, 0.717) is 5.75 Å². The number of nitrogen functional groups attached to an aromatic ring is 1. The SMILES string of the molecule is COc1ccc(C(=O)c2ccncc2F)c(N)c1. The molecule has 1 heterocycles. The van der Waals surface area contributed by atoms with E-state index in [1.54, 1.807) is 6.07 Å².